The van der Waals surface area contributed by atoms with Gasteiger partial charge in [0.2, 0.25) is 5.91 Å². The lowest BCUT2D eigenvalue weighted by atomic mass is 10.1. The van der Waals surface area contributed by atoms with E-state index < -0.39 is 0 Å². The van der Waals surface area contributed by atoms with E-state index in [-0.39, 0.29) is 18.2 Å². The van der Waals surface area contributed by atoms with Crippen LogP contribution in [0.2, 0.25) is 0 Å². The van der Waals surface area contributed by atoms with Gasteiger partial charge in [-0.15, -0.1) is 0 Å². The molecule has 5 nitrogen and oxygen atoms in total. The number of likely N-dealkylation sites (N-methyl/N-ethyl adjacent to an activating group) is 1. The lowest BCUT2D eigenvalue weighted by Gasteiger charge is -2.19. The zero-order valence-electron chi connectivity index (χ0n) is 15.7. The highest BCUT2D eigenvalue weighted by Gasteiger charge is 2.11. The van der Waals surface area contributed by atoms with Crippen molar-refractivity contribution in [3.63, 3.8) is 0 Å². The minimum Gasteiger partial charge on any atom is -0.375 e. The predicted octanol–water partition coefficient (Wildman–Crippen LogP) is 3.46. The topological polar surface area (TPSA) is 61.4 Å². The SMILES string of the molecule is CCCCN(C)c1ccc(C(=O)Nc2ccccc2CC(=O)NC)cc1. The summed E-state index contributed by atoms with van der Waals surface area (Å²) >= 11 is 0. The summed E-state index contributed by atoms with van der Waals surface area (Å²) in [6.45, 7) is 3.16. The van der Waals surface area contributed by atoms with Crippen molar-refractivity contribution < 1.29 is 9.59 Å². The number of carbonyl (C=O) groups is 2. The maximum Gasteiger partial charge on any atom is 0.255 e. The second kappa shape index (κ2) is 9.61. The third-order valence-corrected chi connectivity index (χ3v) is 4.31. The van der Waals surface area contributed by atoms with E-state index in [0.29, 0.717) is 11.3 Å². The van der Waals surface area contributed by atoms with E-state index >= 15 is 0 Å². The molecule has 0 aliphatic heterocycles. The number of benzene rings is 2. The van der Waals surface area contributed by atoms with E-state index in [1.807, 2.05) is 48.5 Å². The Morgan fingerprint density at radius 2 is 1.73 bits per heavy atom. The zero-order chi connectivity index (χ0) is 18.9. The van der Waals surface area contributed by atoms with Crippen LogP contribution in [0.1, 0.15) is 35.7 Å². The van der Waals surface area contributed by atoms with Gasteiger partial charge in [0.05, 0.1) is 6.42 Å². The Hall–Kier alpha value is -2.82. The molecule has 0 saturated carbocycles. The van der Waals surface area contributed by atoms with E-state index in [2.05, 4.69) is 29.5 Å². The Morgan fingerprint density at radius 1 is 1.04 bits per heavy atom. The molecule has 0 unspecified atom stereocenters. The maximum atomic E-state index is 12.5. The van der Waals surface area contributed by atoms with Gasteiger partial charge in [0.25, 0.3) is 5.91 Å². The van der Waals surface area contributed by atoms with Crippen molar-refractivity contribution in [3.8, 4) is 0 Å². The highest BCUT2D eigenvalue weighted by Crippen LogP contribution is 2.19. The summed E-state index contributed by atoms with van der Waals surface area (Å²) in [4.78, 5) is 26.4. The fourth-order valence-corrected chi connectivity index (χ4v) is 2.64. The van der Waals surface area contributed by atoms with E-state index in [4.69, 9.17) is 0 Å². The third kappa shape index (κ3) is 5.34. The van der Waals surface area contributed by atoms with Crippen LogP contribution in [0.5, 0.6) is 0 Å². The van der Waals surface area contributed by atoms with Crippen molar-refractivity contribution in [1.29, 1.82) is 0 Å². The number of amides is 2. The number of unbranched alkanes of at least 4 members (excludes halogenated alkanes) is 1. The van der Waals surface area contributed by atoms with Crippen LogP contribution < -0.4 is 15.5 Å². The van der Waals surface area contributed by atoms with Crippen LogP contribution in [0, 0.1) is 0 Å². The lowest BCUT2D eigenvalue weighted by Crippen LogP contribution is -2.21. The molecule has 0 spiro atoms. The Labute approximate surface area is 155 Å². The molecule has 26 heavy (non-hydrogen) atoms. The number of para-hydroxylation sites is 1. The molecule has 0 radical (unpaired) electrons. The molecular formula is C21H27N3O2. The first-order chi connectivity index (χ1) is 12.5. The molecule has 0 fully saturated rings. The first-order valence-corrected chi connectivity index (χ1v) is 8.96. The summed E-state index contributed by atoms with van der Waals surface area (Å²) in [7, 11) is 3.66. The summed E-state index contributed by atoms with van der Waals surface area (Å²) < 4.78 is 0. The molecule has 2 aromatic rings. The molecular weight excluding hydrogens is 326 g/mol. The number of nitrogens with one attached hydrogen (secondary N) is 2. The van der Waals surface area contributed by atoms with Crippen molar-refractivity contribution in [2.75, 3.05) is 30.9 Å². The predicted molar refractivity (Wildman–Crippen MR) is 107 cm³/mol. The minimum absolute atomic E-state index is 0.0915. The largest absolute Gasteiger partial charge is 0.375 e. The summed E-state index contributed by atoms with van der Waals surface area (Å²) in [6, 6.07) is 14.9. The minimum atomic E-state index is -0.183. The molecule has 0 atom stereocenters. The summed E-state index contributed by atoms with van der Waals surface area (Å²) in [6.07, 6.45) is 2.52. The van der Waals surface area contributed by atoms with Gasteiger partial charge in [-0.1, -0.05) is 31.5 Å². The molecule has 138 valence electrons. The Morgan fingerprint density at radius 3 is 2.38 bits per heavy atom. The molecule has 5 heteroatoms. The molecule has 0 heterocycles. The van der Waals surface area contributed by atoms with Gasteiger partial charge in [0.15, 0.2) is 0 Å². The third-order valence-electron chi connectivity index (χ3n) is 4.31. The number of anilines is 2. The average Bonchev–Trinajstić information content (AvgIpc) is 2.67. The van der Waals surface area contributed by atoms with Gasteiger partial charge in [-0.05, 0) is 42.3 Å². The van der Waals surface area contributed by atoms with Crippen molar-refractivity contribution in [1.82, 2.24) is 5.32 Å². The van der Waals surface area contributed by atoms with Gasteiger partial charge in [0.1, 0.15) is 0 Å². The first-order valence-electron chi connectivity index (χ1n) is 8.96. The van der Waals surface area contributed by atoms with Crippen LogP contribution in [0.15, 0.2) is 48.5 Å². The number of nitrogens with zero attached hydrogens (tertiary/aromatic N) is 1. The van der Waals surface area contributed by atoms with Gasteiger partial charge < -0.3 is 15.5 Å². The Kier molecular flexibility index (Phi) is 7.21. The maximum absolute atomic E-state index is 12.5. The molecule has 2 aromatic carbocycles. The first kappa shape index (κ1) is 19.5. The quantitative estimate of drug-likeness (QED) is 0.764. The van der Waals surface area contributed by atoms with Crippen molar-refractivity contribution >= 4 is 23.2 Å². The second-order valence-corrected chi connectivity index (χ2v) is 6.28. The van der Waals surface area contributed by atoms with Gasteiger partial charge in [-0.2, -0.15) is 0 Å². The van der Waals surface area contributed by atoms with Crippen LogP contribution in [0.25, 0.3) is 0 Å². The number of hydrogen-bond donors (Lipinski definition) is 2. The summed E-state index contributed by atoms with van der Waals surface area (Å²) in [5.41, 5.74) is 3.13. The van der Waals surface area contributed by atoms with Gasteiger partial charge >= 0.3 is 0 Å². The molecule has 0 aromatic heterocycles. The highest BCUT2D eigenvalue weighted by atomic mass is 16.2. The zero-order valence-corrected chi connectivity index (χ0v) is 15.7. The Balaban J connectivity index is 2.07. The van der Waals surface area contributed by atoms with Crippen molar-refractivity contribution in [2.24, 2.45) is 0 Å². The average molecular weight is 353 g/mol. The van der Waals surface area contributed by atoms with Crippen LogP contribution in [-0.4, -0.2) is 32.5 Å². The van der Waals surface area contributed by atoms with Crippen molar-refractivity contribution in [2.45, 2.75) is 26.2 Å². The highest BCUT2D eigenvalue weighted by molar-refractivity contribution is 6.05. The molecule has 0 saturated heterocycles. The monoisotopic (exact) mass is 353 g/mol. The van der Waals surface area contributed by atoms with E-state index in [9.17, 15) is 9.59 Å². The van der Waals surface area contributed by atoms with Gasteiger partial charge in [0, 0.05) is 37.6 Å². The number of hydrogen-bond acceptors (Lipinski definition) is 3. The number of carbonyl (C=O) groups excluding carboxylic acids is 2. The van der Waals surface area contributed by atoms with Crippen LogP contribution >= 0.6 is 0 Å². The second-order valence-electron chi connectivity index (χ2n) is 6.28. The lowest BCUT2D eigenvalue weighted by molar-refractivity contribution is -0.119. The fourth-order valence-electron chi connectivity index (χ4n) is 2.64. The van der Waals surface area contributed by atoms with E-state index in [0.717, 1.165) is 30.6 Å². The van der Waals surface area contributed by atoms with Crippen LogP contribution in [0.4, 0.5) is 11.4 Å². The van der Waals surface area contributed by atoms with Gasteiger partial charge in [-0.3, -0.25) is 9.59 Å². The standard InChI is InChI=1S/C21H27N3O2/c1-4-5-14-24(3)18-12-10-16(11-13-18)21(26)23-19-9-7-6-8-17(19)15-20(25)22-2/h6-13H,4-5,14-15H2,1-3H3,(H,22,25)(H,23,26). The number of rotatable bonds is 8. The molecule has 0 aliphatic rings. The molecule has 2 N–H and O–H groups in total. The van der Waals surface area contributed by atoms with E-state index in [1.54, 1.807) is 7.05 Å². The molecule has 0 aliphatic carbocycles. The molecule has 2 amide bonds. The Bertz CT molecular complexity index is 741. The smallest absolute Gasteiger partial charge is 0.255 e. The summed E-state index contributed by atoms with van der Waals surface area (Å²) in [5.74, 6) is -0.275. The summed E-state index contributed by atoms with van der Waals surface area (Å²) in [5, 5.41) is 5.51. The van der Waals surface area contributed by atoms with Gasteiger partial charge in [-0.25, -0.2) is 0 Å². The van der Waals surface area contributed by atoms with Crippen LogP contribution in [-0.2, 0) is 11.2 Å². The fraction of sp³-hybridized carbons (Fsp3) is 0.333. The normalized spacial score (nSPS) is 10.3. The van der Waals surface area contributed by atoms with Crippen molar-refractivity contribution in [3.05, 3.63) is 59.7 Å². The van der Waals surface area contributed by atoms with E-state index in [1.165, 1.54) is 0 Å². The van der Waals surface area contributed by atoms with Crippen LogP contribution in [0.3, 0.4) is 0 Å². The molecule has 0 bridgehead atoms. The molecule has 2 rings (SSSR count).